The van der Waals surface area contributed by atoms with Crippen LogP contribution in [0.4, 0.5) is 5.69 Å². The molecule has 0 amide bonds. The monoisotopic (exact) mass is 272 g/mol. The van der Waals surface area contributed by atoms with Crippen LogP contribution in [-0.4, -0.2) is 13.1 Å². The van der Waals surface area contributed by atoms with Gasteiger partial charge in [0.1, 0.15) is 0 Å². The van der Waals surface area contributed by atoms with Gasteiger partial charge >= 0.3 is 0 Å². The fourth-order valence-corrected chi connectivity index (χ4v) is 4.00. The molecule has 1 heterocycles. The van der Waals surface area contributed by atoms with Crippen LogP contribution in [0, 0.1) is 11.8 Å². The molecule has 2 N–H and O–H groups in total. The van der Waals surface area contributed by atoms with Crippen LogP contribution in [-0.2, 0) is 0 Å². The molecule has 0 aromatic heterocycles. The first-order chi connectivity index (χ1) is 9.78. The highest BCUT2D eigenvalue weighted by Gasteiger charge is 2.31. The van der Waals surface area contributed by atoms with E-state index in [4.69, 9.17) is 5.73 Å². The largest absolute Gasteiger partial charge is 0.371 e. The molecule has 2 unspecified atom stereocenters. The molecule has 1 saturated heterocycles. The van der Waals surface area contributed by atoms with Gasteiger partial charge in [0, 0.05) is 24.8 Å². The van der Waals surface area contributed by atoms with Crippen molar-refractivity contribution in [3.05, 3.63) is 29.8 Å². The van der Waals surface area contributed by atoms with Crippen molar-refractivity contribution in [3.8, 4) is 0 Å². The zero-order valence-electron chi connectivity index (χ0n) is 12.7. The molecule has 110 valence electrons. The van der Waals surface area contributed by atoms with Gasteiger partial charge in [0.15, 0.2) is 0 Å². The fourth-order valence-electron chi connectivity index (χ4n) is 4.00. The molecular formula is C18H28N2. The summed E-state index contributed by atoms with van der Waals surface area (Å²) < 4.78 is 0. The summed E-state index contributed by atoms with van der Waals surface area (Å²) in [5.41, 5.74) is 8.75. The minimum absolute atomic E-state index is 0.188. The zero-order valence-corrected chi connectivity index (χ0v) is 12.7. The predicted octanol–water partition coefficient (Wildman–Crippen LogP) is 4.11. The SMILES string of the molecule is CC[C@@H](N)c1ccc(N2CCC3CCCCC3C2)cc1. The minimum atomic E-state index is 0.188. The summed E-state index contributed by atoms with van der Waals surface area (Å²) in [6, 6.07) is 9.17. The summed E-state index contributed by atoms with van der Waals surface area (Å²) in [5, 5.41) is 0. The number of benzene rings is 1. The Balaban J connectivity index is 1.67. The van der Waals surface area contributed by atoms with Crippen molar-refractivity contribution < 1.29 is 0 Å². The third-order valence-electron chi connectivity index (χ3n) is 5.42. The van der Waals surface area contributed by atoms with Crippen LogP contribution in [0.1, 0.15) is 57.1 Å². The fraction of sp³-hybridized carbons (Fsp3) is 0.667. The third-order valence-corrected chi connectivity index (χ3v) is 5.42. The van der Waals surface area contributed by atoms with Crippen molar-refractivity contribution in [2.75, 3.05) is 18.0 Å². The smallest absolute Gasteiger partial charge is 0.0366 e. The van der Waals surface area contributed by atoms with Crippen molar-refractivity contribution in [2.24, 2.45) is 17.6 Å². The first-order valence-corrected chi connectivity index (χ1v) is 8.38. The Morgan fingerprint density at radius 3 is 2.50 bits per heavy atom. The topological polar surface area (TPSA) is 29.3 Å². The van der Waals surface area contributed by atoms with E-state index < -0.39 is 0 Å². The lowest BCUT2D eigenvalue weighted by atomic mass is 9.75. The van der Waals surface area contributed by atoms with Crippen LogP contribution in [0.2, 0.25) is 0 Å². The van der Waals surface area contributed by atoms with E-state index in [0.717, 1.165) is 18.3 Å². The van der Waals surface area contributed by atoms with Gasteiger partial charge in [0.2, 0.25) is 0 Å². The van der Waals surface area contributed by atoms with Crippen LogP contribution in [0.3, 0.4) is 0 Å². The van der Waals surface area contributed by atoms with Crippen molar-refractivity contribution in [2.45, 2.75) is 51.5 Å². The number of fused-ring (bicyclic) bond motifs is 1. The highest BCUT2D eigenvalue weighted by molar-refractivity contribution is 5.48. The summed E-state index contributed by atoms with van der Waals surface area (Å²) in [6.07, 6.45) is 8.22. The van der Waals surface area contributed by atoms with E-state index >= 15 is 0 Å². The van der Waals surface area contributed by atoms with Crippen molar-refractivity contribution in [1.82, 2.24) is 0 Å². The molecule has 1 aliphatic carbocycles. The van der Waals surface area contributed by atoms with Crippen molar-refractivity contribution >= 4 is 5.69 Å². The molecule has 0 radical (unpaired) electrons. The summed E-state index contributed by atoms with van der Waals surface area (Å²) >= 11 is 0. The Bertz CT molecular complexity index is 426. The van der Waals surface area contributed by atoms with Gasteiger partial charge < -0.3 is 10.6 Å². The van der Waals surface area contributed by atoms with E-state index in [0.29, 0.717) is 0 Å². The second kappa shape index (κ2) is 6.17. The summed E-state index contributed by atoms with van der Waals surface area (Å²) in [7, 11) is 0. The van der Waals surface area contributed by atoms with Gasteiger partial charge in [-0.2, -0.15) is 0 Å². The van der Waals surface area contributed by atoms with Crippen LogP contribution >= 0.6 is 0 Å². The van der Waals surface area contributed by atoms with Gasteiger partial charge in [-0.25, -0.2) is 0 Å². The second-order valence-electron chi connectivity index (χ2n) is 6.65. The van der Waals surface area contributed by atoms with E-state index in [2.05, 4.69) is 36.1 Å². The lowest BCUT2D eigenvalue weighted by Gasteiger charge is -2.42. The Hall–Kier alpha value is -1.02. The van der Waals surface area contributed by atoms with E-state index in [1.807, 2.05) is 0 Å². The Morgan fingerprint density at radius 1 is 1.10 bits per heavy atom. The van der Waals surface area contributed by atoms with E-state index in [1.165, 1.54) is 56.4 Å². The molecule has 1 aromatic carbocycles. The number of hydrogen-bond acceptors (Lipinski definition) is 2. The maximum atomic E-state index is 6.10. The lowest BCUT2D eigenvalue weighted by molar-refractivity contribution is 0.202. The number of nitrogens with zero attached hydrogens (tertiary/aromatic N) is 1. The quantitative estimate of drug-likeness (QED) is 0.897. The van der Waals surface area contributed by atoms with Gasteiger partial charge in [-0.05, 0) is 48.8 Å². The Labute approximate surface area is 123 Å². The summed E-state index contributed by atoms with van der Waals surface area (Å²) in [5.74, 6) is 1.95. The molecule has 2 heteroatoms. The highest BCUT2D eigenvalue weighted by atomic mass is 15.1. The molecule has 2 fully saturated rings. The maximum Gasteiger partial charge on any atom is 0.0366 e. The third kappa shape index (κ3) is 2.85. The molecule has 20 heavy (non-hydrogen) atoms. The lowest BCUT2D eigenvalue weighted by Crippen LogP contribution is -2.41. The van der Waals surface area contributed by atoms with E-state index in [1.54, 1.807) is 0 Å². The van der Waals surface area contributed by atoms with E-state index in [-0.39, 0.29) is 6.04 Å². The number of piperidine rings is 1. The van der Waals surface area contributed by atoms with Crippen molar-refractivity contribution in [3.63, 3.8) is 0 Å². The molecular weight excluding hydrogens is 244 g/mol. The van der Waals surface area contributed by atoms with E-state index in [9.17, 15) is 0 Å². The molecule has 1 aromatic rings. The van der Waals surface area contributed by atoms with Crippen LogP contribution in [0.25, 0.3) is 0 Å². The molecule has 1 aliphatic heterocycles. The van der Waals surface area contributed by atoms with Gasteiger partial charge in [-0.1, -0.05) is 38.3 Å². The first-order valence-electron chi connectivity index (χ1n) is 8.38. The van der Waals surface area contributed by atoms with Gasteiger partial charge in [0.05, 0.1) is 0 Å². The van der Waals surface area contributed by atoms with Crippen LogP contribution in [0.15, 0.2) is 24.3 Å². The molecule has 2 aliphatic rings. The highest BCUT2D eigenvalue weighted by Crippen LogP contribution is 2.37. The molecule has 0 spiro atoms. The Kier molecular flexibility index (Phi) is 4.30. The normalized spacial score (nSPS) is 28.0. The average molecular weight is 272 g/mol. The van der Waals surface area contributed by atoms with Gasteiger partial charge in [-0.15, -0.1) is 0 Å². The summed E-state index contributed by atoms with van der Waals surface area (Å²) in [6.45, 7) is 4.65. The second-order valence-corrected chi connectivity index (χ2v) is 6.65. The number of rotatable bonds is 3. The number of hydrogen-bond donors (Lipinski definition) is 1. The number of nitrogens with two attached hydrogens (primary N) is 1. The van der Waals surface area contributed by atoms with Crippen LogP contribution < -0.4 is 10.6 Å². The maximum absolute atomic E-state index is 6.10. The predicted molar refractivity (Wildman–Crippen MR) is 85.9 cm³/mol. The van der Waals surface area contributed by atoms with Gasteiger partial charge in [-0.3, -0.25) is 0 Å². The molecule has 2 nitrogen and oxygen atoms in total. The van der Waals surface area contributed by atoms with Crippen LogP contribution in [0.5, 0.6) is 0 Å². The minimum Gasteiger partial charge on any atom is -0.371 e. The molecule has 3 rings (SSSR count). The average Bonchev–Trinajstić information content (AvgIpc) is 2.54. The standard InChI is InChI=1S/C18H28N2/c1-2-18(19)15-7-9-17(10-8-15)20-12-11-14-5-3-4-6-16(14)13-20/h7-10,14,16,18H,2-6,11-13,19H2,1H3/t14?,16?,18-/m1/s1. The number of anilines is 1. The zero-order chi connectivity index (χ0) is 13.9. The van der Waals surface area contributed by atoms with Gasteiger partial charge in [0.25, 0.3) is 0 Å². The van der Waals surface area contributed by atoms with Crippen molar-refractivity contribution in [1.29, 1.82) is 0 Å². The summed E-state index contributed by atoms with van der Waals surface area (Å²) in [4.78, 5) is 2.59. The first kappa shape index (κ1) is 13.9. The molecule has 3 atom stereocenters. The Morgan fingerprint density at radius 2 is 1.80 bits per heavy atom. The molecule has 0 bridgehead atoms. The molecule has 1 saturated carbocycles.